The first-order valence-electron chi connectivity index (χ1n) is 10.1. The van der Waals surface area contributed by atoms with Gasteiger partial charge in [0.05, 0.1) is 41.2 Å². The lowest BCUT2D eigenvalue weighted by Gasteiger charge is -2.40. The van der Waals surface area contributed by atoms with Gasteiger partial charge in [-0.3, -0.25) is 0 Å². The fourth-order valence-electron chi connectivity index (χ4n) is 3.54. The minimum absolute atomic E-state index is 0.152. The number of rotatable bonds is 9. The van der Waals surface area contributed by atoms with Crippen LogP contribution >= 0.6 is 0 Å². The monoisotopic (exact) mass is 478 g/mol. The Kier molecular flexibility index (Phi) is 8.21. The maximum Gasteiger partial charge on any atom is 0.229 e. The van der Waals surface area contributed by atoms with Crippen molar-refractivity contribution in [2.75, 3.05) is 41.2 Å². The van der Waals surface area contributed by atoms with Crippen molar-refractivity contribution in [2.45, 2.75) is 48.7 Å². The third-order valence-corrected chi connectivity index (χ3v) is 5.56. The Morgan fingerprint density at radius 2 is 1.58 bits per heavy atom. The minimum Gasteiger partial charge on any atom is -0.493 e. The van der Waals surface area contributed by atoms with Crippen LogP contribution in [0.15, 0.2) is 12.1 Å². The summed E-state index contributed by atoms with van der Waals surface area (Å²) in [6.07, 6.45) is -10.3. The molecule has 0 aromatic heterocycles. The minimum atomic E-state index is -1.88. The number of hydrogen-bond acceptors (Lipinski definition) is 13. The highest BCUT2D eigenvalue weighted by atomic mass is 16.7. The molecule has 0 amide bonds. The summed E-state index contributed by atoms with van der Waals surface area (Å²) >= 11 is 0. The molecule has 188 valence electrons. The highest BCUT2D eigenvalue weighted by Crippen LogP contribution is 2.41. The van der Waals surface area contributed by atoms with Crippen molar-refractivity contribution >= 4 is 0 Å². The molecule has 1 aromatic rings. The molecule has 13 nitrogen and oxygen atoms in total. The number of benzene rings is 1. The van der Waals surface area contributed by atoms with Crippen LogP contribution in [0.2, 0.25) is 0 Å². The van der Waals surface area contributed by atoms with Gasteiger partial charge >= 0.3 is 0 Å². The Hall–Kier alpha value is -1.94. The average molecular weight is 478 g/mol. The van der Waals surface area contributed by atoms with Crippen molar-refractivity contribution in [1.82, 2.24) is 0 Å². The molecule has 1 aromatic carbocycles. The summed E-state index contributed by atoms with van der Waals surface area (Å²) in [5, 5.41) is 60.2. The first-order valence-corrected chi connectivity index (χ1v) is 10.1. The Morgan fingerprint density at radius 1 is 0.939 bits per heavy atom. The summed E-state index contributed by atoms with van der Waals surface area (Å²) < 4.78 is 37.5. The van der Waals surface area contributed by atoms with E-state index in [1.54, 1.807) is 0 Å². The van der Waals surface area contributed by atoms with Gasteiger partial charge in [0.1, 0.15) is 41.9 Å². The Balaban J connectivity index is 1.71. The SMILES string of the molecule is COc1cc(O[C@H]2O[C@H](CO[C@H]3OC[C@](O)(CO)[C@H]3O)[C@@H](O)[C@H](O)[C@H]2O)cc(OC)c1OC. The summed E-state index contributed by atoms with van der Waals surface area (Å²) in [4.78, 5) is 0. The standard InChI is InChI=1S/C20H30O13/c1-27-10-4-9(5-11(28-2)16(10)29-3)32-18-15(24)14(23)13(22)12(33-18)6-30-19-17(25)20(26,7-21)8-31-19/h4-5,12-15,17-19,21-26H,6-8H2,1-3H3/t12-,13-,14+,15-,17+,18+,19+,20-/m1/s1. The molecule has 2 fully saturated rings. The molecule has 2 heterocycles. The first kappa shape index (κ1) is 25.7. The van der Waals surface area contributed by atoms with Gasteiger partial charge in [-0.25, -0.2) is 0 Å². The van der Waals surface area contributed by atoms with E-state index in [4.69, 9.17) is 33.2 Å². The Bertz CT molecular complexity index is 766. The Morgan fingerprint density at radius 3 is 2.09 bits per heavy atom. The van der Waals surface area contributed by atoms with Crippen LogP contribution in [-0.4, -0.2) is 120 Å². The summed E-state index contributed by atoms with van der Waals surface area (Å²) in [6.45, 7) is -1.51. The van der Waals surface area contributed by atoms with Gasteiger partial charge in [0.15, 0.2) is 17.8 Å². The number of aliphatic hydroxyl groups excluding tert-OH is 5. The van der Waals surface area contributed by atoms with Crippen LogP contribution in [0.1, 0.15) is 0 Å². The highest BCUT2D eigenvalue weighted by Gasteiger charge is 2.50. The van der Waals surface area contributed by atoms with E-state index >= 15 is 0 Å². The fourth-order valence-corrected chi connectivity index (χ4v) is 3.54. The molecular weight excluding hydrogens is 448 g/mol. The lowest BCUT2D eigenvalue weighted by Crippen LogP contribution is -2.60. The van der Waals surface area contributed by atoms with Gasteiger partial charge in [-0.15, -0.1) is 0 Å². The molecule has 13 heteroatoms. The molecule has 2 aliphatic heterocycles. The Labute approximate surface area is 189 Å². The van der Waals surface area contributed by atoms with Gasteiger partial charge in [-0.2, -0.15) is 0 Å². The van der Waals surface area contributed by atoms with Gasteiger partial charge in [0.25, 0.3) is 0 Å². The van der Waals surface area contributed by atoms with Gasteiger partial charge in [0.2, 0.25) is 12.0 Å². The van der Waals surface area contributed by atoms with Gasteiger partial charge in [-0.05, 0) is 0 Å². The van der Waals surface area contributed by atoms with Crippen LogP contribution in [0, 0.1) is 0 Å². The molecule has 2 saturated heterocycles. The van der Waals surface area contributed by atoms with Crippen LogP contribution in [0.25, 0.3) is 0 Å². The van der Waals surface area contributed by atoms with E-state index in [0.29, 0.717) is 5.75 Å². The second-order valence-corrected chi connectivity index (χ2v) is 7.71. The van der Waals surface area contributed by atoms with E-state index in [0.717, 1.165) is 0 Å². The third-order valence-electron chi connectivity index (χ3n) is 5.56. The van der Waals surface area contributed by atoms with Crippen molar-refractivity contribution in [1.29, 1.82) is 0 Å². The zero-order valence-electron chi connectivity index (χ0n) is 18.4. The van der Waals surface area contributed by atoms with Crippen molar-refractivity contribution in [3.8, 4) is 23.0 Å². The average Bonchev–Trinajstić information content (AvgIpc) is 3.11. The van der Waals surface area contributed by atoms with Gasteiger partial charge in [-0.1, -0.05) is 0 Å². The van der Waals surface area contributed by atoms with Crippen LogP contribution in [0.5, 0.6) is 23.0 Å². The summed E-state index contributed by atoms with van der Waals surface area (Å²) in [5.74, 6) is 1.03. The first-order chi connectivity index (χ1) is 15.7. The number of methoxy groups -OCH3 is 3. The lowest BCUT2D eigenvalue weighted by molar-refractivity contribution is -0.289. The van der Waals surface area contributed by atoms with Gasteiger partial charge < -0.3 is 63.8 Å². The lowest BCUT2D eigenvalue weighted by atomic mass is 9.99. The van der Waals surface area contributed by atoms with Crippen LogP contribution in [0.4, 0.5) is 0 Å². The fraction of sp³-hybridized carbons (Fsp3) is 0.700. The maximum atomic E-state index is 10.3. The van der Waals surface area contributed by atoms with Crippen LogP contribution in [0.3, 0.4) is 0 Å². The van der Waals surface area contributed by atoms with Crippen molar-refractivity contribution < 1.29 is 63.8 Å². The smallest absolute Gasteiger partial charge is 0.229 e. The van der Waals surface area contributed by atoms with E-state index in [1.165, 1.54) is 33.5 Å². The predicted octanol–water partition coefficient (Wildman–Crippen LogP) is -2.64. The molecule has 0 aliphatic carbocycles. The molecule has 0 bridgehead atoms. The molecular formula is C20H30O13. The summed E-state index contributed by atoms with van der Waals surface area (Å²) in [6, 6.07) is 2.91. The number of ether oxygens (including phenoxy) is 7. The van der Waals surface area contributed by atoms with Crippen LogP contribution in [-0.2, 0) is 14.2 Å². The van der Waals surface area contributed by atoms with Crippen molar-refractivity contribution in [3.05, 3.63) is 12.1 Å². The quantitative estimate of drug-likeness (QED) is 0.216. The van der Waals surface area contributed by atoms with Gasteiger partial charge in [0, 0.05) is 12.1 Å². The molecule has 0 spiro atoms. The third kappa shape index (κ3) is 5.11. The predicted molar refractivity (Wildman–Crippen MR) is 107 cm³/mol. The molecule has 0 radical (unpaired) electrons. The molecule has 3 rings (SSSR count). The molecule has 0 unspecified atom stereocenters. The number of hydrogen-bond donors (Lipinski definition) is 6. The second kappa shape index (κ2) is 10.5. The summed E-state index contributed by atoms with van der Waals surface area (Å²) in [5.41, 5.74) is -1.88. The zero-order valence-corrected chi connectivity index (χ0v) is 18.4. The number of aliphatic hydroxyl groups is 6. The molecule has 6 N–H and O–H groups in total. The van der Waals surface area contributed by atoms with Crippen molar-refractivity contribution in [3.63, 3.8) is 0 Å². The van der Waals surface area contributed by atoms with E-state index in [9.17, 15) is 30.6 Å². The topological polar surface area (TPSA) is 186 Å². The summed E-state index contributed by atoms with van der Waals surface area (Å²) in [7, 11) is 4.26. The molecule has 8 atom stereocenters. The zero-order chi connectivity index (χ0) is 24.3. The maximum absolute atomic E-state index is 10.3. The largest absolute Gasteiger partial charge is 0.493 e. The molecule has 2 aliphatic rings. The van der Waals surface area contributed by atoms with E-state index < -0.39 is 61.9 Å². The van der Waals surface area contributed by atoms with Crippen molar-refractivity contribution in [2.24, 2.45) is 0 Å². The van der Waals surface area contributed by atoms with E-state index in [2.05, 4.69) is 0 Å². The molecule has 33 heavy (non-hydrogen) atoms. The van der Waals surface area contributed by atoms with Crippen LogP contribution < -0.4 is 18.9 Å². The van der Waals surface area contributed by atoms with E-state index in [1.807, 2.05) is 0 Å². The second-order valence-electron chi connectivity index (χ2n) is 7.71. The molecule has 0 saturated carbocycles. The van der Waals surface area contributed by atoms with E-state index in [-0.39, 0.29) is 23.9 Å². The normalized spacial score (nSPS) is 36.5. The highest BCUT2D eigenvalue weighted by molar-refractivity contribution is 5.55.